The first-order valence-electron chi connectivity index (χ1n) is 5.94. The fraction of sp³-hybridized carbons (Fsp3) is 0.0714. The van der Waals surface area contributed by atoms with Crippen molar-refractivity contribution in [1.82, 2.24) is 0 Å². The zero-order valence-corrected chi connectivity index (χ0v) is 11.7. The van der Waals surface area contributed by atoms with Crippen molar-refractivity contribution in [2.24, 2.45) is 0 Å². The molecule has 0 saturated carbocycles. The van der Waals surface area contributed by atoms with Crippen LogP contribution in [0, 0.1) is 17.0 Å². The Balaban J connectivity index is 2.46. The third-order valence-electron chi connectivity index (χ3n) is 2.99. The molecule has 2 rings (SSSR count). The normalized spacial score (nSPS) is 10.2. The fourth-order valence-electron chi connectivity index (χ4n) is 1.91. The van der Waals surface area contributed by atoms with Gasteiger partial charge in [-0.3, -0.25) is 10.1 Å². The van der Waals surface area contributed by atoms with Gasteiger partial charge in [0.25, 0.3) is 5.69 Å². The third-order valence-corrected chi connectivity index (χ3v) is 3.23. The molecule has 2 aromatic rings. The predicted molar refractivity (Wildman–Crippen MR) is 79.5 cm³/mol. The summed E-state index contributed by atoms with van der Waals surface area (Å²) in [7, 11) is 0. The van der Waals surface area contributed by atoms with E-state index in [2.05, 4.69) is 5.32 Å². The molecule has 0 heterocycles. The van der Waals surface area contributed by atoms with E-state index in [1.165, 1.54) is 24.3 Å². The zero-order chi connectivity index (χ0) is 15.6. The monoisotopic (exact) mass is 306 g/mol. The Morgan fingerprint density at radius 2 is 2.00 bits per heavy atom. The lowest BCUT2D eigenvalue weighted by molar-refractivity contribution is -0.383. The van der Waals surface area contributed by atoms with Gasteiger partial charge in [-0.15, -0.1) is 0 Å². The second-order valence-electron chi connectivity index (χ2n) is 4.33. The van der Waals surface area contributed by atoms with Crippen LogP contribution >= 0.6 is 11.6 Å². The number of hydrogen-bond donors (Lipinski definition) is 2. The van der Waals surface area contributed by atoms with Gasteiger partial charge in [0, 0.05) is 16.8 Å². The lowest BCUT2D eigenvalue weighted by Crippen LogP contribution is -2.03. The molecule has 6 nitrogen and oxygen atoms in total. The average Bonchev–Trinajstić information content (AvgIpc) is 2.42. The van der Waals surface area contributed by atoms with E-state index in [1.54, 1.807) is 19.1 Å². The molecule has 0 spiro atoms. The van der Waals surface area contributed by atoms with E-state index in [4.69, 9.17) is 16.7 Å². The molecule has 0 fully saturated rings. The van der Waals surface area contributed by atoms with Gasteiger partial charge in [-0.25, -0.2) is 4.79 Å². The van der Waals surface area contributed by atoms with E-state index in [0.29, 0.717) is 11.3 Å². The molecule has 0 saturated heterocycles. The molecule has 0 atom stereocenters. The molecule has 108 valence electrons. The molecule has 0 aliphatic carbocycles. The van der Waals surface area contributed by atoms with Crippen LogP contribution in [0.15, 0.2) is 36.4 Å². The molecule has 21 heavy (non-hydrogen) atoms. The van der Waals surface area contributed by atoms with Crippen molar-refractivity contribution >= 4 is 34.6 Å². The van der Waals surface area contributed by atoms with Gasteiger partial charge in [0.05, 0.1) is 10.5 Å². The molecule has 0 unspecified atom stereocenters. The standard InChI is InChI=1S/C14H11ClN2O4/c1-8-10(14(18)19)3-2-4-11(8)16-12-6-5-9(15)7-13(12)17(20)21/h2-7,16H,1H3,(H,18,19). The fourth-order valence-corrected chi connectivity index (χ4v) is 2.08. The molecule has 0 aliphatic rings. The summed E-state index contributed by atoms with van der Waals surface area (Å²) in [4.78, 5) is 21.6. The maximum absolute atomic E-state index is 11.1. The maximum atomic E-state index is 11.1. The molecule has 0 aromatic heterocycles. The highest BCUT2D eigenvalue weighted by molar-refractivity contribution is 6.30. The number of rotatable bonds is 4. The van der Waals surface area contributed by atoms with Crippen LogP contribution in [0.4, 0.5) is 17.1 Å². The molecular formula is C14H11ClN2O4. The largest absolute Gasteiger partial charge is 0.478 e. The SMILES string of the molecule is Cc1c(Nc2ccc(Cl)cc2[N+](=O)[O-])cccc1C(=O)O. The first-order valence-corrected chi connectivity index (χ1v) is 6.32. The lowest BCUT2D eigenvalue weighted by Gasteiger charge is -2.11. The highest BCUT2D eigenvalue weighted by Crippen LogP contribution is 2.32. The first kappa shape index (κ1) is 14.8. The number of anilines is 2. The summed E-state index contributed by atoms with van der Waals surface area (Å²) in [6.45, 7) is 1.63. The Labute approximate surface area is 125 Å². The van der Waals surface area contributed by atoms with Crippen molar-refractivity contribution in [2.75, 3.05) is 5.32 Å². The molecular weight excluding hydrogens is 296 g/mol. The highest BCUT2D eigenvalue weighted by atomic mass is 35.5. The van der Waals surface area contributed by atoms with Gasteiger partial charge in [-0.2, -0.15) is 0 Å². The first-order chi connectivity index (χ1) is 9.90. The van der Waals surface area contributed by atoms with Crippen molar-refractivity contribution in [1.29, 1.82) is 0 Å². The topological polar surface area (TPSA) is 92.5 Å². The number of benzene rings is 2. The maximum Gasteiger partial charge on any atom is 0.336 e. The summed E-state index contributed by atoms with van der Waals surface area (Å²) in [5, 5.41) is 23.3. The van der Waals surface area contributed by atoms with Crippen molar-refractivity contribution in [3.63, 3.8) is 0 Å². The smallest absolute Gasteiger partial charge is 0.336 e. The van der Waals surface area contributed by atoms with E-state index >= 15 is 0 Å². The minimum absolute atomic E-state index is 0.136. The predicted octanol–water partition coefficient (Wildman–Crippen LogP) is 4.00. The van der Waals surface area contributed by atoms with E-state index in [-0.39, 0.29) is 22.0 Å². The Hall–Kier alpha value is -2.60. The van der Waals surface area contributed by atoms with Crippen molar-refractivity contribution in [3.05, 3.63) is 62.7 Å². The summed E-state index contributed by atoms with van der Waals surface area (Å²) in [6.07, 6.45) is 0. The van der Waals surface area contributed by atoms with Gasteiger partial charge >= 0.3 is 5.97 Å². The van der Waals surface area contributed by atoms with Crippen LogP contribution in [0.2, 0.25) is 5.02 Å². The Morgan fingerprint density at radius 1 is 1.29 bits per heavy atom. The van der Waals surface area contributed by atoms with Gasteiger partial charge in [0.2, 0.25) is 0 Å². The minimum atomic E-state index is -1.05. The number of nitrogens with zero attached hydrogens (tertiary/aromatic N) is 1. The second kappa shape index (κ2) is 5.80. The number of carbonyl (C=O) groups is 1. The molecule has 0 radical (unpaired) electrons. The van der Waals surface area contributed by atoms with Crippen LogP contribution < -0.4 is 5.32 Å². The summed E-state index contributed by atoms with van der Waals surface area (Å²) in [6, 6.07) is 8.93. The number of nitro benzene ring substituents is 1. The average molecular weight is 307 g/mol. The number of carboxylic acid groups (broad SMARTS) is 1. The van der Waals surface area contributed by atoms with Gasteiger partial charge < -0.3 is 10.4 Å². The Morgan fingerprint density at radius 3 is 2.62 bits per heavy atom. The summed E-state index contributed by atoms with van der Waals surface area (Å²) >= 11 is 5.75. The number of nitro groups is 1. The van der Waals surface area contributed by atoms with Crippen LogP contribution in [-0.4, -0.2) is 16.0 Å². The van der Waals surface area contributed by atoms with Crippen LogP contribution in [0.1, 0.15) is 15.9 Å². The van der Waals surface area contributed by atoms with Crippen LogP contribution in [0.3, 0.4) is 0 Å². The van der Waals surface area contributed by atoms with E-state index in [9.17, 15) is 14.9 Å². The number of nitrogens with one attached hydrogen (secondary N) is 1. The van der Waals surface area contributed by atoms with E-state index in [0.717, 1.165) is 0 Å². The third kappa shape index (κ3) is 3.11. The molecule has 2 N–H and O–H groups in total. The van der Waals surface area contributed by atoms with Gasteiger partial charge in [-0.1, -0.05) is 17.7 Å². The van der Waals surface area contributed by atoms with E-state index < -0.39 is 10.9 Å². The second-order valence-corrected chi connectivity index (χ2v) is 4.76. The summed E-state index contributed by atoms with van der Waals surface area (Å²) in [5.41, 5.74) is 1.18. The van der Waals surface area contributed by atoms with Crippen LogP contribution in [0.25, 0.3) is 0 Å². The zero-order valence-electron chi connectivity index (χ0n) is 11.0. The van der Waals surface area contributed by atoms with Gasteiger partial charge in [0.1, 0.15) is 5.69 Å². The molecule has 7 heteroatoms. The number of carboxylic acids is 1. The van der Waals surface area contributed by atoms with E-state index in [1.807, 2.05) is 0 Å². The Bertz CT molecular complexity index is 731. The molecule has 2 aromatic carbocycles. The number of hydrogen-bond acceptors (Lipinski definition) is 4. The van der Waals surface area contributed by atoms with Crippen molar-refractivity contribution in [3.8, 4) is 0 Å². The number of aromatic carboxylic acids is 1. The minimum Gasteiger partial charge on any atom is -0.478 e. The molecule has 0 bridgehead atoms. The van der Waals surface area contributed by atoms with Crippen molar-refractivity contribution in [2.45, 2.75) is 6.92 Å². The van der Waals surface area contributed by atoms with Crippen LogP contribution in [-0.2, 0) is 0 Å². The summed E-state index contributed by atoms with van der Waals surface area (Å²) in [5.74, 6) is -1.05. The van der Waals surface area contributed by atoms with Crippen LogP contribution in [0.5, 0.6) is 0 Å². The lowest BCUT2D eigenvalue weighted by atomic mass is 10.1. The molecule has 0 amide bonds. The number of halogens is 1. The van der Waals surface area contributed by atoms with Crippen molar-refractivity contribution < 1.29 is 14.8 Å². The Kier molecular flexibility index (Phi) is 4.09. The quantitative estimate of drug-likeness (QED) is 0.658. The molecule has 0 aliphatic heterocycles. The highest BCUT2D eigenvalue weighted by Gasteiger charge is 2.16. The summed E-state index contributed by atoms with van der Waals surface area (Å²) < 4.78 is 0. The van der Waals surface area contributed by atoms with Gasteiger partial charge in [0.15, 0.2) is 0 Å². The van der Waals surface area contributed by atoms with Gasteiger partial charge in [-0.05, 0) is 36.8 Å².